The van der Waals surface area contributed by atoms with Crippen molar-refractivity contribution >= 4 is 15.2 Å². The fourth-order valence-electron chi connectivity index (χ4n) is 2.18. The Kier molecular flexibility index (Phi) is 7.26. The Morgan fingerprint density at radius 2 is 0.955 bits per heavy atom. The van der Waals surface area contributed by atoms with Crippen LogP contribution in [0.1, 0.15) is 79.0 Å². The van der Waals surface area contributed by atoms with Gasteiger partial charge in [0.25, 0.3) is 0 Å². The monoisotopic (exact) mass is 318 g/mol. The van der Waals surface area contributed by atoms with Crippen molar-refractivity contribution in [2.45, 2.75) is 90.1 Å². The van der Waals surface area contributed by atoms with Crippen molar-refractivity contribution < 1.29 is 5.11 Å². The van der Waals surface area contributed by atoms with Gasteiger partial charge in [0.15, 0.2) is 0 Å². The molecule has 1 rings (SSSR count). The number of benzene rings is 1. The first-order chi connectivity index (χ1) is 9.66. The zero-order valence-corrected chi connectivity index (χ0v) is 17.8. The third-order valence-corrected chi connectivity index (χ3v) is 3.57. The van der Waals surface area contributed by atoms with Gasteiger partial charge in [0.1, 0.15) is 0 Å². The summed E-state index contributed by atoms with van der Waals surface area (Å²) in [7, 11) is 0. The van der Waals surface area contributed by atoms with Crippen LogP contribution in [-0.2, 0) is 16.2 Å². The van der Waals surface area contributed by atoms with Crippen molar-refractivity contribution in [3.8, 4) is 5.75 Å². The van der Waals surface area contributed by atoms with Crippen molar-refractivity contribution in [1.82, 2.24) is 0 Å². The number of rotatable bonds is 0. The summed E-state index contributed by atoms with van der Waals surface area (Å²) in [6.45, 7) is 19.3. The van der Waals surface area contributed by atoms with Gasteiger partial charge in [-0.2, -0.15) is 0 Å². The van der Waals surface area contributed by atoms with Crippen LogP contribution in [0, 0.1) is 0 Å². The minimum absolute atomic E-state index is 0.0632. The first-order valence-corrected chi connectivity index (χ1v) is 10.6. The molecule has 0 fully saturated rings. The molecule has 0 aromatic heterocycles. The second-order valence-electron chi connectivity index (χ2n) is 9.23. The van der Waals surface area contributed by atoms with Crippen molar-refractivity contribution in [2.75, 3.05) is 0 Å². The fraction of sp³-hybridized carbons (Fsp3) is 0.700. The maximum atomic E-state index is 12.7. The molecule has 124 valence electrons. The van der Waals surface area contributed by atoms with E-state index in [1.165, 1.54) is 5.56 Å². The molecule has 1 nitrogen and oxygen atoms in total. The van der Waals surface area contributed by atoms with Crippen molar-refractivity contribution in [3.05, 3.63) is 28.8 Å². The van der Waals surface area contributed by atoms with Gasteiger partial charge in [-0.1, -0.05) is 74.4 Å². The van der Waals surface area contributed by atoms with Crippen LogP contribution in [-0.4, -0.2) is 15.2 Å². The van der Waals surface area contributed by atoms with Crippen molar-refractivity contribution in [3.63, 3.8) is 0 Å². The van der Waals surface area contributed by atoms with E-state index >= 15 is 0 Å². The van der Waals surface area contributed by atoms with Crippen LogP contribution in [0.15, 0.2) is 12.1 Å². The number of hydrogen-bond acceptors (Lipinski definition) is 1. The van der Waals surface area contributed by atoms with E-state index in [1.807, 2.05) is 0 Å². The Morgan fingerprint density at radius 1 is 0.682 bits per heavy atom. The molecule has 0 bridgehead atoms. The van der Waals surface area contributed by atoms with Crippen molar-refractivity contribution in [2.24, 2.45) is 0 Å². The van der Waals surface area contributed by atoms with Gasteiger partial charge in [-0.15, -0.1) is 5.75 Å². The Labute approximate surface area is 145 Å². The molecule has 0 radical (unpaired) electrons. The summed E-state index contributed by atoms with van der Waals surface area (Å²) in [5, 5.41) is 12.7. The quantitative estimate of drug-likeness (QED) is 0.584. The summed E-state index contributed by atoms with van der Waals surface area (Å²) < 4.78 is 0. The van der Waals surface area contributed by atoms with Crippen LogP contribution in [0.5, 0.6) is 5.75 Å². The molecule has 0 heterocycles. The van der Waals surface area contributed by atoms with Gasteiger partial charge in [-0.05, 0) is 32.9 Å². The summed E-state index contributed by atoms with van der Waals surface area (Å²) in [6, 6.07) is 4.22. The fourth-order valence-corrected chi connectivity index (χ4v) is 2.18. The van der Waals surface area contributed by atoms with Crippen LogP contribution in [0.25, 0.3) is 0 Å². The zero-order valence-electron chi connectivity index (χ0n) is 16.6. The Morgan fingerprint density at radius 3 is 1.14 bits per heavy atom. The average molecular weight is 318 g/mol. The molecule has 22 heavy (non-hydrogen) atoms. The van der Waals surface area contributed by atoms with E-state index in [1.54, 1.807) is 0 Å². The van der Waals surface area contributed by atoms with Crippen LogP contribution < -0.4 is 5.11 Å². The van der Waals surface area contributed by atoms with E-state index in [2.05, 4.69) is 86.0 Å². The molecule has 0 atom stereocenters. The SMILES string of the molecule is CC(C)(C)c1cc(C(C)(C)C)c([O-])c(C(C)(C)C)c1.[CH3][Al+][CH3]. The van der Waals surface area contributed by atoms with Crippen LogP contribution in [0.3, 0.4) is 0 Å². The molecule has 0 saturated carbocycles. The molecule has 0 aliphatic rings. The molecule has 0 aliphatic carbocycles. The summed E-state index contributed by atoms with van der Waals surface area (Å²) in [5.74, 6) is 4.63. The third-order valence-electron chi connectivity index (χ3n) is 3.57. The first kappa shape index (κ1) is 21.6. The molecule has 0 unspecified atom stereocenters. The molecule has 0 saturated heterocycles. The Hall–Kier alpha value is -0.448. The van der Waals surface area contributed by atoms with Gasteiger partial charge < -0.3 is 5.11 Å². The zero-order chi connectivity index (χ0) is 17.9. The van der Waals surface area contributed by atoms with Crippen LogP contribution in [0.4, 0.5) is 0 Å². The topological polar surface area (TPSA) is 23.1 Å². The van der Waals surface area contributed by atoms with Crippen LogP contribution >= 0.6 is 0 Å². The molecule has 0 amide bonds. The molecular weight excluding hydrogens is 283 g/mol. The second kappa shape index (κ2) is 7.41. The number of hydrogen-bond donors (Lipinski definition) is 0. The second-order valence-corrected chi connectivity index (χ2v) is 10.4. The van der Waals surface area contributed by atoms with Gasteiger partial charge >= 0.3 is 26.8 Å². The van der Waals surface area contributed by atoms with E-state index in [9.17, 15) is 5.11 Å². The standard InChI is InChI=1S/C18H30O.2CH3.Al/c1-16(2,3)12-10-13(17(4,5)6)15(19)14(11-12)18(7,8)9;;;/h10-11,19H,1-9H3;2*1H3;/q;;;+1/p-1. The Bertz CT molecular complexity index is 447. The van der Waals surface area contributed by atoms with Gasteiger partial charge in [-0.25, -0.2) is 0 Å². The molecule has 0 N–H and O–H groups in total. The van der Waals surface area contributed by atoms with E-state index in [4.69, 9.17) is 0 Å². The summed E-state index contributed by atoms with van der Waals surface area (Å²) >= 11 is 0.750. The van der Waals surface area contributed by atoms with E-state index < -0.39 is 0 Å². The van der Waals surface area contributed by atoms with E-state index in [-0.39, 0.29) is 22.0 Å². The van der Waals surface area contributed by atoms with Crippen molar-refractivity contribution in [1.29, 1.82) is 0 Å². The average Bonchev–Trinajstić information content (AvgIpc) is 2.25. The normalized spacial score (nSPS) is 12.3. The first-order valence-electron chi connectivity index (χ1n) is 8.26. The van der Waals surface area contributed by atoms with E-state index in [0.29, 0.717) is 0 Å². The summed E-state index contributed by atoms with van der Waals surface area (Å²) in [6.07, 6.45) is 0. The molecule has 0 aliphatic heterocycles. The Balaban J connectivity index is 0.00000135. The molecule has 0 spiro atoms. The summed E-state index contributed by atoms with van der Waals surface area (Å²) in [5.41, 5.74) is 2.96. The molecule has 1 aromatic rings. The predicted octanol–water partition coefficient (Wildman–Crippen LogP) is 5.44. The van der Waals surface area contributed by atoms with Gasteiger partial charge in [0.2, 0.25) is 0 Å². The predicted molar refractivity (Wildman–Crippen MR) is 99.5 cm³/mol. The maximum absolute atomic E-state index is 12.7. The van der Waals surface area contributed by atoms with Gasteiger partial charge in [-0.3, -0.25) is 0 Å². The third kappa shape index (κ3) is 5.98. The molecular formula is C20H35AlO. The van der Waals surface area contributed by atoms with Gasteiger partial charge in [0, 0.05) is 0 Å². The van der Waals surface area contributed by atoms with E-state index in [0.717, 1.165) is 26.3 Å². The molecule has 2 heteroatoms. The van der Waals surface area contributed by atoms with Gasteiger partial charge in [0.05, 0.1) is 0 Å². The minimum atomic E-state index is -0.113. The summed E-state index contributed by atoms with van der Waals surface area (Å²) in [4.78, 5) is 0. The van der Waals surface area contributed by atoms with Crippen LogP contribution in [0.2, 0.25) is 11.6 Å². The molecule has 1 aromatic carbocycles.